The summed E-state index contributed by atoms with van der Waals surface area (Å²) in [7, 11) is -1.42. The van der Waals surface area contributed by atoms with E-state index in [1.165, 1.54) is 0 Å². The van der Waals surface area contributed by atoms with Gasteiger partial charge in [0, 0.05) is 23.2 Å². The predicted molar refractivity (Wildman–Crippen MR) is 110 cm³/mol. The number of fused-ring (bicyclic) bond motifs is 1. The first-order chi connectivity index (χ1) is 12.0. The zero-order chi connectivity index (χ0) is 17.9. The normalized spacial score (nSPS) is 13.8. The van der Waals surface area contributed by atoms with Crippen LogP contribution in [0.5, 0.6) is 0 Å². The van der Waals surface area contributed by atoms with Crippen molar-refractivity contribution in [1.29, 1.82) is 0 Å². The summed E-state index contributed by atoms with van der Waals surface area (Å²) in [6.45, 7) is 7.70. The third-order valence-electron chi connectivity index (χ3n) is 3.81. The number of aliphatic imine (C=N–C) groups is 2. The number of rotatable bonds is 2. The number of nitrogens with zero attached hydrogens (tertiary/aromatic N) is 2. The minimum absolute atomic E-state index is 0.419. The number of hydrogen-bond acceptors (Lipinski definition) is 3. The molecule has 0 aromatic heterocycles. The van der Waals surface area contributed by atoms with Gasteiger partial charge in [-0.1, -0.05) is 55.9 Å². The molecule has 3 rings (SSSR count). The third kappa shape index (κ3) is 4.33. The van der Waals surface area contributed by atoms with E-state index in [-0.39, 0.29) is 0 Å². The van der Waals surface area contributed by atoms with E-state index in [0.29, 0.717) is 13.1 Å². The third-order valence-corrected chi connectivity index (χ3v) is 4.69. The van der Waals surface area contributed by atoms with Crippen molar-refractivity contribution in [3.63, 3.8) is 0 Å². The fraction of sp³-hybridized carbons (Fsp3) is 0.238. The summed E-state index contributed by atoms with van der Waals surface area (Å²) >= 11 is 0. The Labute approximate surface area is 150 Å². The van der Waals surface area contributed by atoms with E-state index in [1.807, 2.05) is 30.3 Å². The van der Waals surface area contributed by atoms with Crippen molar-refractivity contribution in [2.45, 2.75) is 19.6 Å². The molecule has 0 spiro atoms. The van der Waals surface area contributed by atoms with Crippen molar-refractivity contribution in [2.24, 2.45) is 15.7 Å². The minimum Gasteiger partial charge on any atom is -0.325 e. The van der Waals surface area contributed by atoms with E-state index < -0.39 is 8.07 Å². The zero-order valence-corrected chi connectivity index (χ0v) is 16.0. The molecule has 0 fully saturated rings. The highest BCUT2D eigenvalue weighted by Gasteiger charge is 2.16. The molecule has 0 unspecified atom stereocenters. The second-order valence-corrected chi connectivity index (χ2v) is 11.9. The molecule has 4 heteroatoms. The number of nitrogens with two attached hydrogens (primary N) is 1. The Bertz CT molecular complexity index is 894. The molecule has 2 N–H and O–H groups in total. The minimum atomic E-state index is -1.42. The number of benzene rings is 2. The van der Waals surface area contributed by atoms with Crippen LogP contribution in [0.2, 0.25) is 19.6 Å². The van der Waals surface area contributed by atoms with E-state index >= 15 is 0 Å². The van der Waals surface area contributed by atoms with Crippen molar-refractivity contribution in [3.8, 4) is 11.5 Å². The average Bonchev–Trinajstić information content (AvgIpc) is 2.79. The molecule has 2 aromatic rings. The van der Waals surface area contributed by atoms with Crippen molar-refractivity contribution in [1.82, 2.24) is 0 Å². The maximum absolute atomic E-state index is 5.82. The summed E-state index contributed by atoms with van der Waals surface area (Å²) in [6, 6.07) is 16.4. The Kier molecular flexibility index (Phi) is 4.98. The van der Waals surface area contributed by atoms with E-state index in [2.05, 4.69) is 49.3 Å². The maximum Gasteiger partial charge on any atom is 0.129 e. The second-order valence-electron chi connectivity index (χ2n) is 7.14. The Morgan fingerprint density at radius 1 is 1.08 bits per heavy atom. The van der Waals surface area contributed by atoms with Gasteiger partial charge in [0.1, 0.15) is 8.07 Å². The molecule has 0 aliphatic carbocycles. The van der Waals surface area contributed by atoms with Gasteiger partial charge in [0.25, 0.3) is 0 Å². The second kappa shape index (κ2) is 7.18. The fourth-order valence-electron chi connectivity index (χ4n) is 2.57. The van der Waals surface area contributed by atoms with Gasteiger partial charge in [-0.2, -0.15) is 0 Å². The van der Waals surface area contributed by atoms with E-state index in [9.17, 15) is 0 Å². The van der Waals surface area contributed by atoms with Crippen LogP contribution in [-0.2, 0) is 0 Å². The molecule has 0 radical (unpaired) electrons. The van der Waals surface area contributed by atoms with Crippen LogP contribution < -0.4 is 5.73 Å². The molecular weight excluding hydrogens is 322 g/mol. The zero-order valence-electron chi connectivity index (χ0n) is 15.0. The van der Waals surface area contributed by atoms with Crippen molar-refractivity contribution >= 4 is 25.2 Å². The van der Waals surface area contributed by atoms with Crippen LogP contribution >= 0.6 is 0 Å². The van der Waals surface area contributed by atoms with E-state index in [0.717, 1.165) is 33.8 Å². The molecule has 0 saturated heterocycles. The molecule has 1 aliphatic heterocycles. The van der Waals surface area contributed by atoms with Gasteiger partial charge in [-0.25, -0.2) is 0 Å². The molecule has 2 aromatic carbocycles. The van der Waals surface area contributed by atoms with Crippen LogP contribution in [-0.4, -0.2) is 32.6 Å². The van der Waals surface area contributed by atoms with Gasteiger partial charge < -0.3 is 5.73 Å². The van der Waals surface area contributed by atoms with Gasteiger partial charge in [0.05, 0.1) is 23.7 Å². The molecule has 0 bridgehead atoms. The highest BCUT2D eigenvalue weighted by Crippen LogP contribution is 2.26. The first kappa shape index (κ1) is 17.3. The molecule has 3 nitrogen and oxygen atoms in total. The van der Waals surface area contributed by atoms with Gasteiger partial charge in [-0.3, -0.25) is 9.98 Å². The van der Waals surface area contributed by atoms with Gasteiger partial charge in [0.15, 0.2) is 0 Å². The summed E-state index contributed by atoms with van der Waals surface area (Å²) in [6.07, 6.45) is 0. The predicted octanol–water partition coefficient (Wildman–Crippen LogP) is 3.80. The summed E-state index contributed by atoms with van der Waals surface area (Å²) in [5.74, 6) is 3.34. The fourth-order valence-corrected chi connectivity index (χ4v) is 3.09. The lowest BCUT2D eigenvalue weighted by molar-refractivity contribution is 1.20. The summed E-state index contributed by atoms with van der Waals surface area (Å²) < 4.78 is 0. The lowest BCUT2D eigenvalue weighted by Crippen LogP contribution is -2.16. The molecule has 0 atom stereocenters. The largest absolute Gasteiger partial charge is 0.325 e. The molecule has 1 heterocycles. The van der Waals surface area contributed by atoms with Crippen LogP contribution in [0.1, 0.15) is 16.7 Å². The molecular formula is C21H23N3Si. The quantitative estimate of drug-likeness (QED) is 0.653. The van der Waals surface area contributed by atoms with Crippen LogP contribution in [0.25, 0.3) is 0 Å². The Balaban J connectivity index is 2.13. The topological polar surface area (TPSA) is 50.7 Å². The SMILES string of the molecule is C[Si](C)(C)C#Cc1ccc2c(c1)C(c1ccccc1)=NCC(CN)=N2. The molecule has 0 amide bonds. The van der Waals surface area contributed by atoms with Crippen molar-refractivity contribution in [3.05, 3.63) is 65.2 Å². The Morgan fingerprint density at radius 2 is 1.84 bits per heavy atom. The molecule has 126 valence electrons. The van der Waals surface area contributed by atoms with Gasteiger partial charge >= 0.3 is 0 Å². The molecule has 1 aliphatic rings. The van der Waals surface area contributed by atoms with Gasteiger partial charge in [-0.15, -0.1) is 5.54 Å². The molecule has 25 heavy (non-hydrogen) atoms. The van der Waals surface area contributed by atoms with E-state index in [1.54, 1.807) is 0 Å². The lowest BCUT2D eigenvalue weighted by atomic mass is 9.99. The van der Waals surface area contributed by atoms with Crippen molar-refractivity contribution < 1.29 is 0 Å². The first-order valence-corrected chi connectivity index (χ1v) is 12.0. The van der Waals surface area contributed by atoms with Crippen LogP contribution in [0.3, 0.4) is 0 Å². The smallest absolute Gasteiger partial charge is 0.129 e. The monoisotopic (exact) mass is 345 g/mol. The highest BCUT2D eigenvalue weighted by atomic mass is 28.3. The van der Waals surface area contributed by atoms with Crippen LogP contribution in [0, 0.1) is 11.5 Å². The Hall–Kier alpha value is -2.48. The molecule has 0 saturated carbocycles. The van der Waals surface area contributed by atoms with E-state index in [4.69, 9.17) is 15.7 Å². The lowest BCUT2D eigenvalue weighted by Gasteiger charge is -2.09. The highest BCUT2D eigenvalue weighted by molar-refractivity contribution is 6.83. The average molecular weight is 346 g/mol. The van der Waals surface area contributed by atoms with Crippen molar-refractivity contribution in [2.75, 3.05) is 13.1 Å². The summed E-state index contributed by atoms with van der Waals surface area (Å²) in [5.41, 5.74) is 15.1. The number of hydrogen-bond donors (Lipinski definition) is 1. The van der Waals surface area contributed by atoms with Crippen LogP contribution in [0.4, 0.5) is 5.69 Å². The standard InChI is InChI=1S/C21H23N3Si/c1-25(2,3)12-11-16-9-10-20-19(13-16)21(17-7-5-4-6-8-17)23-15-18(14-22)24-20/h4-10,13H,14-15,22H2,1-3H3. The summed E-state index contributed by atoms with van der Waals surface area (Å²) in [5, 5.41) is 0. The van der Waals surface area contributed by atoms with Crippen LogP contribution in [0.15, 0.2) is 58.5 Å². The van der Waals surface area contributed by atoms with Gasteiger partial charge in [0.2, 0.25) is 0 Å². The Morgan fingerprint density at radius 3 is 2.52 bits per heavy atom. The first-order valence-electron chi connectivity index (χ1n) is 8.50. The summed E-state index contributed by atoms with van der Waals surface area (Å²) in [4.78, 5) is 9.52. The van der Waals surface area contributed by atoms with Gasteiger partial charge in [-0.05, 0) is 18.2 Å². The maximum atomic E-state index is 5.82.